The van der Waals surface area contributed by atoms with E-state index in [1.54, 1.807) is 18.2 Å². The Hall–Kier alpha value is -2.00. The molecule has 0 fully saturated rings. The molecule has 2 aromatic rings. The van der Waals surface area contributed by atoms with Crippen LogP contribution in [0.4, 0.5) is 5.69 Å². The summed E-state index contributed by atoms with van der Waals surface area (Å²) in [6.45, 7) is 6.28. The Morgan fingerprint density at radius 2 is 1.67 bits per heavy atom. The van der Waals surface area contributed by atoms with E-state index in [-0.39, 0.29) is 16.9 Å². The first-order chi connectivity index (χ1) is 9.77. The number of nitrogens with zero attached hydrogens (tertiary/aromatic N) is 1. The van der Waals surface area contributed by atoms with Gasteiger partial charge in [-0.3, -0.25) is 4.99 Å². The summed E-state index contributed by atoms with van der Waals surface area (Å²) in [5.41, 5.74) is 2.00. The van der Waals surface area contributed by atoms with E-state index in [4.69, 9.17) is 11.6 Å². The minimum absolute atomic E-state index is 0.0316. The third-order valence-corrected chi connectivity index (χ3v) is 3.41. The number of halogens is 1. The zero-order valence-electron chi connectivity index (χ0n) is 12.3. The van der Waals surface area contributed by atoms with Crippen molar-refractivity contribution in [2.75, 3.05) is 0 Å². The number of aliphatic imine (C=N–C) groups is 1. The van der Waals surface area contributed by atoms with Crippen LogP contribution in [0.3, 0.4) is 0 Å². The number of hydrogen-bond acceptors (Lipinski definition) is 3. The van der Waals surface area contributed by atoms with Gasteiger partial charge in [-0.05, 0) is 41.3 Å². The third kappa shape index (κ3) is 3.76. The van der Waals surface area contributed by atoms with Gasteiger partial charge in [0.25, 0.3) is 0 Å². The predicted octanol–water partition coefficient (Wildman–Crippen LogP) is 4.80. The average molecular weight is 304 g/mol. The number of benzene rings is 2. The summed E-state index contributed by atoms with van der Waals surface area (Å²) >= 11 is 5.89. The second kappa shape index (κ2) is 5.78. The first-order valence-electron chi connectivity index (χ1n) is 6.63. The lowest BCUT2D eigenvalue weighted by Crippen LogP contribution is -2.10. The van der Waals surface area contributed by atoms with Crippen molar-refractivity contribution in [2.24, 2.45) is 4.99 Å². The summed E-state index contributed by atoms with van der Waals surface area (Å²) in [6, 6.07) is 10.1. The van der Waals surface area contributed by atoms with Crippen molar-refractivity contribution < 1.29 is 10.2 Å². The van der Waals surface area contributed by atoms with Crippen molar-refractivity contribution in [3.63, 3.8) is 0 Å². The van der Waals surface area contributed by atoms with Gasteiger partial charge in [0.05, 0.1) is 0 Å². The molecule has 0 aromatic heterocycles. The molecule has 0 radical (unpaired) electrons. The monoisotopic (exact) mass is 303 g/mol. The Balaban J connectivity index is 2.39. The average Bonchev–Trinajstić information content (AvgIpc) is 2.40. The molecule has 0 spiro atoms. The molecular formula is C17H18ClNO2. The molecule has 0 bridgehead atoms. The van der Waals surface area contributed by atoms with Gasteiger partial charge in [0, 0.05) is 16.8 Å². The van der Waals surface area contributed by atoms with E-state index in [2.05, 4.69) is 25.8 Å². The lowest BCUT2D eigenvalue weighted by Gasteiger charge is -2.19. The lowest BCUT2D eigenvalue weighted by molar-refractivity contribution is 0.473. The van der Waals surface area contributed by atoms with Gasteiger partial charge in [-0.25, -0.2) is 0 Å². The molecule has 0 atom stereocenters. The molecule has 0 aliphatic heterocycles. The van der Waals surface area contributed by atoms with Gasteiger partial charge >= 0.3 is 0 Å². The summed E-state index contributed by atoms with van der Waals surface area (Å²) in [5, 5.41) is 20.2. The number of aromatic hydroxyl groups is 2. The first kappa shape index (κ1) is 15.4. The molecule has 3 nitrogen and oxygen atoms in total. The standard InChI is InChI=1S/C17H18ClNO2/c1-17(2,3)12-4-6-16(21)14(9-12)19-10-11-8-13(18)5-7-15(11)20/h4-10,20-21H,1-3H3. The maximum Gasteiger partial charge on any atom is 0.141 e. The largest absolute Gasteiger partial charge is 0.507 e. The van der Waals surface area contributed by atoms with Crippen LogP contribution in [0.1, 0.15) is 31.9 Å². The van der Waals surface area contributed by atoms with E-state index in [0.717, 1.165) is 5.56 Å². The van der Waals surface area contributed by atoms with Gasteiger partial charge in [0.2, 0.25) is 0 Å². The maximum absolute atomic E-state index is 9.90. The summed E-state index contributed by atoms with van der Waals surface area (Å²) in [6.07, 6.45) is 1.49. The highest BCUT2D eigenvalue weighted by Crippen LogP contribution is 2.32. The van der Waals surface area contributed by atoms with E-state index in [1.165, 1.54) is 12.3 Å². The van der Waals surface area contributed by atoms with Crippen LogP contribution < -0.4 is 0 Å². The number of rotatable bonds is 2. The lowest BCUT2D eigenvalue weighted by atomic mass is 9.87. The van der Waals surface area contributed by atoms with Crippen LogP contribution in [-0.2, 0) is 5.41 Å². The molecule has 2 aromatic carbocycles. The summed E-state index contributed by atoms with van der Waals surface area (Å²) in [5.74, 6) is 0.190. The quantitative estimate of drug-likeness (QED) is 0.783. The fourth-order valence-corrected chi connectivity index (χ4v) is 2.04. The van der Waals surface area contributed by atoms with Crippen molar-refractivity contribution >= 4 is 23.5 Å². The Morgan fingerprint density at radius 3 is 2.33 bits per heavy atom. The Kier molecular flexibility index (Phi) is 4.24. The Labute approximate surface area is 129 Å². The molecule has 0 heterocycles. The normalized spacial score (nSPS) is 12.0. The maximum atomic E-state index is 9.90. The molecule has 110 valence electrons. The Morgan fingerprint density at radius 1 is 1.00 bits per heavy atom. The molecule has 0 aliphatic rings. The zero-order chi connectivity index (χ0) is 15.6. The van der Waals surface area contributed by atoms with E-state index in [9.17, 15) is 10.2 Å². The van der Waals surface area contributed by atoms with Crippen LogP contribution >= 0.6 is 11.6 Å². The molecule has 2 rings (SSSR count). The smallest absolute Gasteiger partial charge is 0.141 e. The van der Waals surface area contributed by atoms with Crippen molar-refractivity contribution in [3.8, 4) is 11.5 Å². The van der Waals surface area contributed by atoms with Gasteiger partial charge < -0.3 is 10.2 Å². The summed E-state index contributed by atoms with van der Waals surface area (Å²) in [7, 11) is 0. The molecule has 21 heavy (non-hydrogen) atoms. The van der Waals surface area contributed by atoms with Crippen molar-refractivity contribution in [1.29, 1.82) is 0 Å². The van der Waals surface area contributed by atoms with Gasteiger partial charge in [0.15, 0.2) is 0 Å². The second-order valence-electron chi connectivity index (χ2n) is 5.91. The molecule has 0 saturated heterocycles. The minimum Gasteiger partial charge on any atom is -0.507 e. The Bertz CT molecular complexity index is 688. The van der Waals surface area contributed by atoms with Gasteiger partial charge in [-0.15, -0.1) is 0 Å². The van der Waals surface area contributed by atoms with Crippen LogP contribution in [0.25, 0.3) is 0 Å². The molecule has 2 N–H and O–H groups in total. The van der Waals surface area contributed by atoms with Crippen molar-refractivity contribution in [2.45, 2.75) is 26.2 Å². The first-order valence-corrected chi connectivity index (χ1v) is 7.01. The highest BCUT2D eigenvalue weighted by atomic mass is 35.5. The highest BCUT2D eigenvalue weighted by molar-refractivity contribution is 6.30. The molecule has 0 unspecified atom stereocenters. The summed E-state index contributed by atoms with van der Waals surface area (Å²) in [4.78, 5) is 4.26. The van der Waals surface area contributed by atoms with Crippen molar-refractivity contribution in [3.05, 3.63) is 52.5 Å². The van der Waals surface area contributed by atoms with E-state index in [1.807, 2.05) is 12.1 Å². The SMILES string of the molecule is CC(C)(C)c1ccc(O)c(N=Cc2cc(Cl)ccc2O)c1. The van der Waals surface area contributed by atoms with Crippen LogP contribution in [0.15, 0.2) is 41.4 Å². The molecule has 0 saturated carbocycles. The van der Waals surface area contributed by atoms with Gasteiger partial charge in [0.1, 0.15) is 17.2 Å². The fourth-order valence-electron chi connectivity index (χ4n) is 1.86. The van der Waals surface area contributed by atoms with Gasteiger partial charge in [-0.2, -0.15) is 0 Å². The molecular weight excluding hydrogens is 286 g/mol. The zero-order valence-corrected chi connectivity index (χ0v) is 13.0. The minimum atomic E-state index is -0.0316. The number of hydrogen-bond donors (Lipinski definition) is 2. The fraction of sp³-hybridized carbons (Fsp3) is 0.235. The molecule has 4 heteroatoms. The van der Waals surface area contributed by atoms with Crippen LogP contribution in [0, 0.1) is 0 Å². The van der Waals surface area contributed by atoms with Crippen LogP contribution in [-0.4, -0.2) is 16.4 Å². The van der Waals surface area contributed by atoms with E-state index >= 15 is 0 Å². The number of phenols is 2. The van der Waals surface area contributed by atoms with Crippen LogP contribution in [0.2, 0.25) is 5.02 Å². The second-order valence-corrected chi connectivity index (χ2v) is 6.35. The van der Waals surface area contributed by atoms with E-state index < -0.39 is 0 Å². The van der Waals surface area contributed by atoms with Crippen LogP contribution in [0.5, 0.6) is 11.5 Å². The topological polar surface area (TPSA) is 52.8 Å². The molecule has 0 amide bonds. The van der Waals surface area contributed by atoms with Crippen molar-refractivity contribution in [1.82, 2.24) is 0 Å². The van der Waals surface area contributed by atoms with Gasteiger partial charge in [-0.1, -0.05) is 38.4 Å². The third-order valence-electron chi connectivity index (χ3n) is 3.17. The predicted molar refractivity (Wildman–Crippen MR) is 87.2 cm³/mol. The number of phenolic OH excluding ortho intramolecular Hbond substituents is 2. The van der Waals surface area contributed by atoms with E-state index in [0.29, 0.717) is 16.3 Å². The molecule has 0 aliphatic carbocycles. The summed E-state index contributed by atoms with van der Waals surface area (Å²) < 4.78 is 0. The highest BCUT2D eigenvalue weighted by Gasteiger charge is 2.15.